The van der Waals surface area contributed by atoms with Crippen molar-refractivity contribution in [1.82, 2.24) is 10.3 Å². The minimum absolute atomic E-state index is 0.0161. The van der Waals surface area contributed by atoms with Gasteiger partial charge in [-0.3, -0.25) is 9.59 Å². The van der Waals surface area contributed by atoms with Crippen LogP contribution in [0.1, 0.15) is 30.1 Å². The van der Waals surface area contributed by atoms with E-state index in [4.69, 9.17) is 16.7 Å². The summed E-state index contributed by atoms with van der Waals surface area (Å²) in [6.45, 7) is 1.74. The number of carboxylic acid groups (broad SMARTS) is 1. The van der Waals surface area contributed by atoms with Crippen LogP contribution in [0.3, 0.4) is 0 Å². The molecule has 1 amide bonds. The molecule has 0 aliphatic carbocycles. The van der Waals surface area contributed by atoms with Crippen LogP contribution < -0.4 is 5.32 Å². The smallest absolute Gasteiger partial charge is 0.303 e. The fourth-order valence-electron chi connectivity index (χ4n) is 1.27. The van der Waals surface area contributed by atoms with Crippen LogP contribution in [0, 0.1) is 0 Å². The van der Waals surface area contributed by atoms with Gasteiger partial charge in [0.15, 0.2) is 0 Å². The van der Waals surface area contributed by atoms with Gasteiger partial charge in [-0.2, -0.15) is 0 Å². The Morgan fingerprint density at radius 3 is 2.88 bits per heavy atom. The number of hydrogen-bond acceptors (Lipinski definition) is 3. The van der Waals surface area contributed by atoms with E-state index in [-0.39, 0.29) is 29.1 Å². The second kappa shape index (κ2) is 6.20. The molecule has 0 aromatic carbocycles. The summed E-state index contributed by atoms with van der Waals surface area (Å²) < 4.78 is 0. The molecule has 0 fully saturated rings. The first kappa shape index (κ1) is 13.4. The van der Waals surface area contributed by atoms with E-state index in [0.717, 1.165) is 0 Å². The van der Waals surface area contributed by atoms with Gasteiger partial charge in [0.1, 0.15) is 5.15 Å². The van der Waals surface area contributed by atoms with Crippen molar-refractivity contribution in [3.8, 4) is 0 Å². The third kappa shape index (κ3) is 4.40. The van der Waals surface area contributed by atoms with E-state index in [1.807, 2.05) is 0 Å². The molecule has 1 heterocycles. The Labute approximate surface area is 104 Å². The van der Waals surface area contributed by atoms with Crippen LogP contribution in [0.5, 0.6) is 0 Å². The molecule has 1 atom stereocenters. The third-order valence-electron chi connectivity index (χ3n) is 2.17. The van der Waals surface area contributed by atoms with Crippen LogP contribution >= 0.6 is 11.6 Å². The molecule has 92 valence electrons. The number of amides is 1. The Hall–Kier alpha value is -1.62. The largest absolute Gasteiger partial charge is 0.481 e. The number of halogens is 1. The normalized spacial score (nSPS) is 11.9. The van der Waals surface area contributed by atoms with Crippen LogP contribution in [0.4, 0.5) is 0 Å². The summed E-state index contributed by atoms with van der Waals surface area (Å²) >= 11 is 5.76. The Bertz CT molecular complexity index is 423. The summed E-state index contributed by atoms with van der Waals surface area (Å²) in [7, 11) is 0. The van der Waals surface area contributed by atoms with E-state index in [1.165, 1.54) is 6.20 Å². The number of aliphatic carboxylic acids is 1. The second-order valence-corrected chi connectivity index (χ2v) is 4.01. The van der Waals surface area contributed by atoms with Gasteiger partial charge in [0.2, 0.25) is 0 Å². The Morgan fingerprint density at radius 2 is 2.29 bits per heavy atom. The molecule has 0 radical (unpaired) electrons. The number of aromatic nitrogens is 1. The number of nitrogens with zero attached hydrogens (tertiary/aromatic N) is 1. The van der Waals surface area contributed by atoms with Crippen LogP contribution in [-0.4, -0.2) is 28.0 Å². The SMILES string of the molecule is CC(CCC(=O)O)NC(=O)c1cccnc1Cl. The molecule has 17 heavy (non-hydrogen) atoms. The Morgan fingerprint density at radius 1 is 1.59 bits per heavy atom. The molecule has 0 saturated heterocycles. The molecule has 1 unspecified atom stereocenters. The van der Waals surface area contributed by atoms with Gasteiger partial charge in [0, 0.05) is 18.7 Å². The van der Waals surface area contributed by atoms with Gasteiger partial charge < -0.3 is 10.4 Å². The lowest BCUT2D eigenvalue weighted by atomic mass is 10.1. The lowest BCUT2D eigenvalue weighted by Crippen LogP contribution is -2.33. The first-order valence-electron chi connectivity index (χ1n) is 5.14. The van der Waals surface area contributed by atoms with Gasteiger partial charge in [-0.15, -0.1) is 0 Å². The predicted octanol–water partition coefficient (Wildman–Crippen LogP) is 1.72. The van der Waals surface area contributed by atoms with E-state index >= 15 is 0 Å². The summed E-state index contributed by atoms with van der Waals surface area (Å²) in [4.78, 5) is 25.9. The monoisotopic (exact) mass is 256 g/mol. The molecule has 0 saturated carbocycles. The summed E-state index contributed by atoms with van der Waals surface area (Å²) in [6.07, 6.45) is 1.88. The molecule has 0 aliphatic rings. The fraction of sp³-hybridized carbons (Fsp3) is 0.364. The molecule has 6 heteroatoms. The number of hydrogen-bond donors (Lipinski definition) is 2. The minimum atomic E-state index is -0.884. The van der Waals surface area contributed by atoms with Crippen molar-refractivity contribution in [3.63, 3.8) is 0 Å². The molecular weight excluding hydrogens is 244 g/mol. The second-order valence-electron chi connectivity index (χ2n) is 3.65. The molecule has 1 aromatic rings. The zero-order chi connectivity index (χ0) is 12.8. The topological polar surface area (TPSA) is 79.3 Å². The first-order chi connectivity index (χ1) is 8.00. The van der Waals surface area contributed by atoms with E-state index in [2.05, 4.69) is 10.3 Å². The lowest BCUT2D eigenvalue weighted by molar-refractivity contribution is -0.137. The standard InChI is InChI=1S/C11H13ClN2O3/c1-7(4-5-9(15)16)14-11(17)8-3-2-6-13-10(8)12/h2-3,6-7H,4-5H2,1H3,(H,14,17)(H,15,16). The van der Waals surface area contributed by atoms with Crippen molar-refractivity contribution in [2.45, 2.75) is 25.8 Å². The van der Waals surface area contributed by atoms with Crippen molar-refractivity contribution in [1.29, 1.82) is 0 Å². The zero-order valence-electron chi connectivity index (χ0n) is 9.31. The van der Waals surface area contributed by atoms with Crippen molar-refractivity contribution in [3.05, 3.63) is 29.0 Å². The number of pyridine rings is 1. The van der Waals surface area contributed by atoms with E-state index in [9.17, 15) is 9.59 Å². The number of carboxylic acids is 1. The Kier molecular flexibility index (Phi) is 4.90. The first-order valence-corrected chi connectivity index (χ1v) is 5.51. The Balaban J connectivity index is 2.55. The molecule has 1 aromatic heterocycles. The highest BCUT2D eigenvalue weighted by atomic mass is 35.5. The average molecular weight is 257 g/mol. The van der Waals surface area contributed by atoms with Gasteiger partial charge >= 0.3 is 5.97 Å². The highest BCUT2D eigenvalue weighted by Gasteiger charge is 2.13. The highest BCUT2D eigenvalue weighted by Crippen LogP contribution is 2.11. The minimum Gasteiger partial charge on any atom is -0.481 e. The predicted molar refractivity (Wildman–Crippen MR) is 63.0 cm³/mol. The van der Waals surface area contributed by atoms with Gasteiger partial charge in [-0.25, -0.2) is 4.98 Å². The molecular formula is C11H13ClN2O3. The average Bonchev–Trinajstić information content (AvgIpc) is 2.26. The summed E-state index contributed by atoms with van der Waals surface area (Å²) in [6, 6.07) is 2.95. The summed E-state index contributed by atoms with van der Waals surface area (Å²) in [5.74, 6) is -1.23. The maximum absolute atomic E-state index is 11.7. The van der Waals surface area contributed by atoms with Crippen molar-refractivity contribution >= 4 is 23.5 Å². The lowest BCUT2D eigenvalue weighted by Gasteiger charge is -2.12. The van der Waals surface area contributed by atoms with E-state index < -0.39 is 5.97 Å². The summed E-state index contributed by atoms with van der Waals surface area (Å²) in [5, 5.41) is 11.3. The maximum atomic E-state index is 11.7. The summed E-state index contributed by atoms with van der Waals surface area (Å²) in [5.41, 5.74) is 0.288. The van der Waals surface area contributed by atoms with Gasteiger partial charge in [0.05, 0.1) is 5.56 Å². The van der Waals surface area contributed by atoms with Gasteiger partial charge in [0.25, 0.3) is 5.91 Å². The van der Waals surface area contributed by atoms with Crippen molar-refractivity contribution in [2.24, 2.45) is 0 Å². The van der Waals surface area contributed by atoms with E-state index in [1.54, 1.807) is 19.1 Å². The van der Waals surface area contributed by atoms with Crippen LogP contribution in [0.25, 0.3) is 0 Å². The maximum Gasteiger partial charge on any atom is 0.303 e. The molecule has 0 bridgehead atoms. The molecule has 1 rings (SSSR count). The quantitative estimate of drug-likeness (QED) is 0.786. The van der Waals surface area contributed by atoms with Crippen LogP contribution in [0.15, 0.2) is 18.3 Å². The molecule has 5 nitrogen and oxygen atoms in total. The third-order valence-corrected chi connectivity index (χ3v) is 2.47. The van der Waals surface area contributed by atoms with Crippen LogP contribution in [0.2, 0.25) is 5.15 Å². The molecule has 0 aliphatic heterocycles. The zero-order valence-corrected chi connectivity index (χ0v) is 10.1. The number of nitrogens with one attached hydrogen (secondary N) is 1. The number of carbonyl (C=O) groups excluding carboxylic acids is 1. The van der Waals surface area contributed by atoms with E-state index in [0.29, 0.717) is 6.42 Å². The van der Waals surface area contributed by atoms with Crippen molar-refractivity contribution < 1.29 is 14.7 Å². The fourth-order valence-corrected chi connectivity index (χ4v) is 1.47. The number of carbonyl (C=O) groups is 2. The van der Waals surface area contributed by atoms with Crippen molar-refractivity contribution in [2.75, 3.05) is 0 Å². The van der Waals surface area contributed by atoms with Gasteiger partial charge in [-0.05, 0) is 25.5 Å². The number of rotatable bonds is 5. The molecule has 0 spiro atoms. The highest BCUT2D eigenvalue weighted by molar-refractivity contribution is 6.32. The van der Waals surface area contributed by atoms with Gasteiger partial charge in [-0.1, -0.05) is 11.6 Å². The molecule has 2 N–H and O–H groups in total. The van der Waals surface area contributed by atoms with Crippen LogP contribution in [-0.2, 0) is 4.79 Å².